The fourth-order valence-corrected chi connectivity index (χ4v) is 1.98. The fraction of sp³-hybridized carbons (Fsp3) is 0.571. The van der Waals surface area contributed by atoms with Crippen LogP contribution in [0.1, 0.15) is 38.3 Å². The SMILES string of the molecule is C=CC(CCCCC)NC(Cc1cnc[nH]1)C(=O)O. The highest BCUT2D eigenvalue weighted by Crippen LogP contribution is 2.07. The van der Waals surface area contributed by atoms with E-state index in [0.717, 1.165) is 31.4 Å². The maximum absolute atomic E-state index is 11.3. The molecule has 0 saturated heterocycles. The molecule has 106 valence electrons. The Balaban J connectivity index is 2.51. The molecule has 0 aliphatic rings. The number of hydrogen-bond donors (Lipinski definition) is 3. The molecule has 2 atom stereocenters. The number of aromatic amines is 1. The van der Waals surface area contributed by atoms with Gasteiger partial charge in [0.05, 0.1) is 6.33 Å². The number of carbonyl (C=O) groups is 1. The summed E-state index contributed by atoms with van der Waals surface area (Å²) in [6.45, 7) is 5.92. The summed E-state index contributed by atoms with van der Waals surface area (Å²) in [7, 11) is 0. The van der Waals surface area contributed by atoms with Gasteiger partial charge in [0.2, 0.25) is 0 Å². The lowest BCUT2D eigenvalue weighted by atomic mass is 10.1. The number of aromatic nitrogens is 2. The van der Waals surface area contributed by atoms with Crippen LogP contribution in [0.2, 0.25) is 0 Å². The largest absolute Gasteiger partial charge is 0.480 e. The molecule has 0 saturated carbocycles. The normalized spacial score (nSPS) is 13.9. The third kappa shape index (κ3) is 5.70. The molecule has 3 N–H and O–H groups in total. The van der Waals surface area contributed by atoms with E-state index in [1.54, 1.807) is 18.6 Å². The molecule has 19 heavy (non-hydrogen) atoms. The van der Waals surface area contributed by atoms with E-state index >= 15 is 0 Å². The average Bonchev–Trinajstić information content (AvgIpc) is 2.89. The molecule has 0 aromatic carbocycles. The second kappa shape index (κ2) is 8.48. The van der Waals surface area contributed by atoms with Gasteiger partial charge < -0.3 is 10.1 Å². The molecule has 1 aromatic rings. The molecule has 5 nitrogen and oxygen atoms in total. The van der Waals surface area contributed by atoms with Crippen LogP contribution >= 0.6 is 0 Å². The number of nitrogens with zero attached hydrogens (tertiary/aromatic N) is 1. The lowest BCUT2D eigenvalue weighted by molar-refractivity contribution is -0.139. The molecule has 0 bridgehead atoms. The van der Waals surface area contributed by atoms with E-state index < -0.39 is 12.0 Å². The Hall–Kier alpha value is -1.62. The third-order valence-electron chi connectivity index (χ3n) is 3.10. The van der Waals surface area contributed by atoms with Crippen molar-refractivity contribution in [3.8, 4) is 0 Å². The van der Waals surface area contributed by atoms with E-state index in [9.17, 15) is 9.90 Å². The summed E-state index contributed by atoms with van der Waals surface area (Å²) in [5.74, 6) is -0.850. The Morgan fingerprint density at radius 2 is 2.42 bits per heavy atom. The van der Waals surface area contributed by atoms with Gasteiger partial charge in [0, 0.05) is 24.4 Å². The molecule has 1 rings (SSSR count). The van der Waals surface area contributed by atoms with Crippen LogP contribution in [0.4, 0.5) is 0 Å². The lowest BCUT2D eigenvalue weighted by Crippen LogP contribution is -2.44. The fourth-order valence-electron chi connectivity index (χ4n) is 1.98. The number of aliphatic carboxylic acids is 1. The van der Waals surface area contributed by atoms with Crippen LogP contribution in [0.3, 0.4) is 0 Å². The summed E-state index contributed by atoms with van der Waals surface area (Å²) in [5.41, 5.74) is 0.816. The number of nitrogens with one attached hydrogen (secondary N) is 2. The molecular formula is C14H23N3O2. The molecular weight excluding hydrogens is 242 g/mol. The van der Waals surface area contributed by atoms with Crippen molar-refractivity contribution >= 4 is 5.97 Å². The number of H-pyrrole nitrogens is 1. The van der Waals surface area contributed by atoms with E-state index in [2.05, 4.69) is 28.8 Å². The van der Waals surface area contributed by atoms with Gasteiger partial charge in [-0.05, 0) is 6.42 Å². The molecule has 0 fully saturated rings. The second-order valence-electron chi connectivity index (χ2n) is 4.68. The van der Waals surface area contributed by atoms with Gasteiger partial charge in [-0.25, -0.2) is 4.98 Å². The van der Waals surface area contributed by atoms with E-state index in [1.165, 1.54) is 0 Å². The highest BCUT2D eigenvalue weighted by molar-refractivity contribution is 5.73. The molecule has 0 radical (unpaired) electrons. The summed E-state index contributed by atoms with van der Waals surface area (Å²) >= 11 is 0. The van der Waals surface area contributed by atoms with Crippen molar-refractivity contribution in [3.63, 3.8) is 0 Å². The first kappa shape index (κ1) is 15.4. The number of rotatable bonds is 10. The Morgan fingerprint density at radius 3 is 2.95 bits per heavy atom. The Labute approximate surface area is 114 Å². The minimum atomic E-state index is -0.850. The standard InChI is InChI=1S/C14H23N3O2/c1-3-5-6-7-11(4-2)17-13(14(18)19)8-12-9-15-10-16-12/h4,9-11,13,17H,2-3,5-8H2,1H3,(H,15,16)(H,18,19). The van der Waals surface area contributed by atoms with Crippen LogP contribution in [0.25, 0.3) is 0 Å². The lowest BCUT2D eigenvalue weighted by Gasteiger charge is -2.20. The Kier molecular flexibility index (Phi) is 6.89. The van der Waals surface area contributed by atoms with Crippen LogP contribution in [0.5, 0.6) is 0 Å². The van der Waals surface area contributed by atoms with Crippen LogP contribution in [-0.2, 0) is 11.2 Å². The number of unbranched alkanes of at least 4 members (excludes halogenated alkanes) is 2. The summed E-state index contributed by atoms with van der Waals surface area (Å²) in [4.78, 5) is 18.1. The number of hydrogen-bond acceptors (Lipinski definition) is 3. The van der Waals surface area contributed by atoms with Gasteiger partial charge in [0.25, 0.3) is 0 Å². The first-order chi connectivity index (χ1) is 9.17. The zero-order valence-corrected chi connectivity index (χ0v) is 11.4. The molecule has 0 aliphatic heterocycles. The van der Waals surface area contributed by atoms with E-state index in [1.807, 2.05) is 0 Å². The van der Waals surface area contributed by atoms with Crippen LogP contribution in [-0.4, -0.2) is 33.1 Å². The molecule has 0 amide bonds. The van der Waals surface area contributed by atoms with Crippen LogP contribution < -0.4 is 5.32 Å². The highest BCUT2D eigenvalue weighted by atomic mass is 16.4. The quantitative estimate of drug-likeness (QED) is 0.447. The minimum Gasteiger partial charge on any atom is -0.480 e. The molecule has 2 unspecified atom stereocenters. The summed E-state index contributed by atoms with van der Waals surface area (Å²) < 4.78 is 0. The monoisotopic (exact) mass is 265 g/mol. The number of carboxylic acids is 1. The first-order valence-corrected chi connectivity index (χ1v) is 6.76. The maximum atomic E-state index is 11.3. The Morgan fingerprint density at radius 1 is 1.63 bits per heavy atom. The van der Waals surface area contributed by atoms with E-state index in [-0.39, 0.29) is 6.04 Å². The predicted octanol–water partition coefficient (Wildman–Crippen LogP) is 2.13. The predicted molar refractivity (Wildman–Crippen MR) is 75.0 cm³/mol. The van der Waals surface area contributed by atoms with Gasteiger partial charge in [0.1, 0.15) is 6.04 Å². The second-order valence-corrected chi connectivity index (χ2v) is 4.68. The summed E-state index contributed by atoms with van der Waals surface area (Å²) in [6, 6.07) is -0.583. The van der Waals surface area contributed by atoms with Gasteiger partial charge >= 0.3 is 5.97 Å². The maximum Gasteiger partial charge on any atom is 0.321 e. The zero-order valence-electron chi connectivity index (χ0n) is 11.4. The molecule has 0 spiro atoms. The molecule has 1 heterocycles. The van der Waals surface area contributed by atoms with Gasteiger partial charge in [-0.1, -0.05) is 32.3 Å². The molecule has 0 aliphatic carbocycles. The third-order valence-corrected chi connectivity index (χ3v) is 3.10. The van der Waals surface area contributed by atoms with Crippen molar-refractivity contribution in [1.82, 2.24) is 15.3 Å². The topological polar surface area (TPSA) is 78.0 Å². The van der Waals surface area contributed by atoms with Crippen molar-refractivity contribution in [2.45, 2.75) is 51.1 Å². The molecule has 1 aromatic heterocycles. The highest BCUT2D eigenvalue weighted by Gasteiger charge is 2.20. The van der Waals surface area contributed by atoms with Gasteiger partial charge in [-0.2, -0.15) is 0 Å². The zero-order chi connectivity index (χ0) is 14.1. The van der Waals surface area contributed by atoms with Crippen molar-refractivity contribution in [2.24, 2.45) is 0 Å². The van der Waals surface area contributed by atoms with Gasteiger partial charge in [-0.3, -0.25) is 10.1 Å². The first-order valence-electron chi connectivity index (χ1n) is 6.76. The number of carboxylic acid groups (broad SMARTS) is 1. The minimum absolute atomic E-state index is 0.0376. The van der Waals surface area contributed by atoms with Crippen molar-refractivity contribution in [1.29, 1.82) is 0 Å². The summed E-state index contributed by atoms with van der Waals surface area (Å²) in [5, 5.41) is 12.4. The smallest absolute Gasteiger partial charge is 0.321 e. The molecule has 5 heteroatoms. The van der Waals surface area contributed by atoms with Gasteiger partial charge in [0.15, 0.2) is 0 Å². The summed E-state index contributed by atoms with van der Waals surface area (Å²) in [6.07, 6.45) is 9.70. The number of imidazole rings is 1. The van der Waals surface area contributed by atoms with Crippen molar-refractivity contribution < 1.29 is 9.90 Å². The van der Waals surface area contributed by atoms with Crippen LogP contribution in [0, 0.1) is 0 Å². The van der Waals surface area contributed by atoms with Crippen molar-refractivity contribution in [3.05, 3.63) is 30.9 Å². The van der Waals surface area contributed by atoms with Crippen LogP contribution in [0.15, 0.2) is 25.2 Å². The van der Waals surface area contributed by atoms with Gasteiger partial charge in [-0.15, -0.1) is 6.58 Å². The van der Waals surface area contributed by atoms with Crippen molar-refractivity contribution in [2.75, 3.05) is 0 Å². The Bertz CT molecular complexity index is 376. The van der Waals surface area contributed by atoms with E-state index in [4.69, 9.17) is 0 Å². The average molecular weight is 265 g/mol. The van der Waals surface area contributed by atoms with E-state index in [0.29, 0.717) is 6.42 Å².